The molecule has 2 aromatic heterocycles. The van der Waals surface area contributed by atoms with Crippen LogP contribution in [0.15, 0.2) is 59.3 Å². The van der Waals surface area contributed by atoms with E-state index in [0.29, 0.717) is 11.7 Å². The lowest BCUT2D eigenvalue weighted by Gasteiger charge is -2.05. The van der Waals surface area contributed by atoms with E-state index in [2.05, 4.69) is 15.3 Å². The standard InChI is InChI=1S/C14H12N4O/c15-10-3-5-11(6-4-10)17-14-16-8-7-12(18-14)13-2-1-9-19-13/h1-9H,15H2,(H,16,17,18). The Kier molecular flexibility index (Phi) is 2.86. The van der Waals surface area contributed by atoms with E-state index in [4.69, 9.17) is 10.2 Å². The topological polar surface area (TPSA) is 77.0 Å². The molecule has 2 heterocycles. The first kappa shape index (κ1) is 11.3. The van der Waals surface area contributed by atoms with Crippen molar-refractivity contribution in [3.8, 4) is 11.5 Å². The number of anilines is 3. The molecule has 3 aromatic rings. The molecule has 0 aliphatic heterocycles. The predicted molar refractivity (Wildman–Crippen MR) is 73.9 cm³/mol. The SMILES string of the molecule is Nc1ccc(Nc2nccc(-c3ccco3)n2)cc1. The van der Waals surface area contributed by atoms with Gasteiger partial charge in [0.25, 0.3) is 0 Å². The van der Waals surface area contributed by atoms with Crippen LogP contribution in [-0.2, 0) is 0 Å². The number of hydrogen-bond acceptors (Lipinski definition) is 5. The fourth-order valence-corrected chi connectivity index (χ4v) is 1.68. The van der Waals surface area contributed by atoms with E-state index in [1.165, 1.54) is 0 Å². The average molecular weight is 252 g/mol. The van der Waals surface area contributed by atoms with Crippen molar-refractivity contribution in [1.29, 1.82) is 0 Å². The van der Waals surface area contributed by atoms with Gasteiger partial charge in [-0.25, -0.2) is 9.97 Å². The molecule has 5 heteroatoms. The molecule has 5 nitrogen and oxygen atoms in total. The first-order valence-electron chi connectivity index (χ1n) is 5.81. The predicted octanol–water partition coefficient (Wildman–Crippen LogP) is 3.06. The maximum absolute atomic E-state index is 5.64. The van der Waals surface area contributed by atoms with Gasteiger partial charge in [-0.15, -0.1) is 0 Å². The molecule has 0 spiro atoms. The molecule has 0 saturated heterocycles. The first-order valence-corrected chi connectivity index (χ1v) is 5.81. The molecule has 0 fully saturated rings. The fraction of sp³-hybridized carbons (Fsp3) is 0. The molecule has 0 atom stereocenters. The largest absolute Gasteiger partial charge is 0.463 e. The molecule has 3 N–H and O–H groups in total. The van der Waals surface area contributed by atoms with Gasteiger partial charge in [-0.1, -0.05) is 0 Å². The second kappa shape index (κ2) is 4.81. The summed E-state index contributed by atoms with van der Waals surface area (Å²) >= 11 is 0. The lowest BCUT2D eigenvalue weighted by Crippen LogP contribution is -1.97. The molecule has 0 saturated carbocycles. The number of nitrogens with one attached hydrogen (secondary N) is 1. The average Bonchev–Trinajstić information content (AvgIpc) is 2.96. The van der Waals surface area contributed by atoms with Crippen LogP contribution in [0.3, 0.4) is 0 Å². The zero-order valence-corrected chi connectivity index (χ0v) is 10.1. The summed E-state index contributed by atoms with van der Waals surface area (Å²) in [6.45, 7) is 0. The summed E-state index contributed by atoms with van der Waals surface area (Å²) in [5.41, 5.74) is 7.97. The maximum Gasteiger partial charge on any atom is 0.227 e. The summed E-state index contributed by atoms with van der Waals surface area (Å²) in [5.74, 6) is 1.22. The van der Waals surface area contributed by atoms with E-state index in [9.17, 15) is 0 Å². The Morgan fingerprint density at radius 3 is 2.63 bits per heavy atom. The van der Waals surface area contributed by atoms with E-state index in [1.54, 1.807) is 18.5 Å². The van der Waals surface area contributed by atoms with E-state index in [-0.39, 0.29) is 0 Å². The van der Waals surface area contributed by atoms with Crippen LogP contribution in [0.4, 0.5) is 17.3 Å². The molecule has 3 rings (SSSR count). The normalized spacial score (nSPS) is 10.3. The molecule has 0 aliphatic carbocycles. The number of rotatable bonds is 3. The van der Waals surface area contributed by atoms with Crippen LogP contribution in [0, 0.1) is 0 Å². The summed E-state index contributed by atoms with van der Waals surface area (Å²) in [4.78, 5) is 8.56. The van der Waals surface area contributed by atoms with Crippen molar-refractivity contribution >= 4 is 17.3 Å². The Bertz CT molecular complexity index is 662. The Balaban J connectivity index is 1.85. The third-order valence-corrected chi connectivity index (χ3v) is 2.60. The Morgan fingerprint density at radius 2 is 1.89 bits per heavy atom. The molecule has 94 valence electrons. The van der Waals surface area contributed by atoms with E-state index >= 15 is 0 Å². The number of nitrogens with zero attached hydrogens (tertiary/aromatic N) is 2. The van der Waals surface area contributed by atoms with Gasteiger partial charge in [0.05, 0.1) is 6.26 Å². The van der Waals surface area contributed by atoms with E-state index in [0.717, 1.165) is 17.1 Å². The third kappa shape index (κ3) is 2.55. The summed E-state index contributed by atoms with van der Waals surface area (Å²) in [7, 11) is 0. The van der Waals surface area contributed by atoms with Crippen LogP contribution in [0.5, 0.6) is 0 Å². The van der Waals surface area contributed by atoms with Gasteiger partial charge in [0.1, 0.15) is 5.69 Å². The number of furan rings is 1. The Morgan fingerprint density at radius 1 is 1.05 bits per heavy atom. The smallest absolute Gasteiger partial charge is 0.227 e. The van der Waals surface area contributed by atoms with Crippen LogP contribution in [0.25, 0.3) is 11.5 Å². The highest BCUT2D eigenvalue weighted by Crippen LogP contribution is 2.20. The van der Waals surface area contributed by atoms with Crippen molar-refractivity contribution in [2.75, 3.05) is 11.1 Å². The highest BCUT2D eigenvalue weighted by Gasteiger charge is 2.04. The zero-order chi connectivity index (χ0) is 13.1. The van der Waals surface area contributed by atoms with Gasteiger partial charge in [-0.2, -0.15) is 0 Å². The van der Waals surface area contributed by atoms with Crippen molar-refractivity contribution in [2.45, 2.75) is 0 Å². The van der Waals surface area contributed by atoms with Gasteiger partial charge in [-0.05, 0) is 42.5 Å². The molecule has 0 unspecified atom stereocenters. The number of nitrogen functional groups attached to an aromatic ring is 1. The number of hydrogen-bond donors (Lipinski definition) is 2. The minimum atomic E-state index is 0.513. The van der Waals surface area contributed by atoms with Crippen molar-refractivity contribution in [2.24, 2.45) is 0 Å². The zero-order valence-electron chi connectivity index (χ0n) is 10.1. The molecule has 1 aromatic carbocycles. The molecule has 0 bridgehead atoms. The Hall–Kier alpha value is -2.82. The fourth-order valence-electron chi connectivity index (χ4n) is 1.68. The van der Waals surface area contributed by atoms with Crippen LogP contribution in [-0.4, -0.2) is 9.97 Å². The lowest BCUT2D eigenvalue weighted by atomic mass is 10.3. The third-order valence-electron chi connectivity index (χ3n) is 2.60. The van der Waals surface area contributed by atoms with Gasteiger partial charge in [0.15, 0.2) is 5.76 Å². The summed E-state index contributed by atoms with van der Waals surface area (Å²) in [6, 6.07) is 12.9. The summed E-state index contributed by atoms with van der Waals surface area (Å²) < 4.78 is 5.31. The second-order valence-corrected chi connectivity index (χ2v) is 3.99. The molecular formula is C14H12N4O. The van der Waals surface area contributed by atoms with E-state index in [1.807, 2.05) is 36.4 Å². The summed E-state index contributed by atoms with van der Waals surface area (Å²) in [5, 5.41) is 3.11. The van der Waals surface area contributed by atoms with Crippen molar-refractivity contribution in [1.82, 2.24) is 9.97 Å². The first-order chi connectivity index (χ1) is 9.31. The molecular weight excluding hydrogens is 240 g/mol. The van der Waals surface area contributed by atoms with Crippen LogP contribution in [0.1, 0.15) is 0 Å². The van der Waals surface area contributed by atoms with Crippen molar-refractivity contribution < 1.29 is 4.42 Å². The van der Waals surface area contributed by atoms with Crippen molar-refractivity contribution in [3.05, 3.63) is 54.9 Å². The molecule has 0 amide bonds. The highest BCUT2D eigenvalue weighted by molar-refractivity contribution is 5.59. The van der Waals surface area contributed by atoms with Gasteiger partial charge in [0.2, 0.25) is 5.95 Å². The van der Waals surface area contributed by atoms with Gasteiger partial charge < -0.3 is 15.5 Å². The highest BCUT2D eigenvalue weighted by atomic mass is 16.3. The quantitative estimate of drug-likeness (QED) is 0.700. The number of nitrogens with two attached hydrogens (primary N) is 1. The van der Waals surface area contributed by atoms with Crippen LogP contribution >= 0.6 is 0 Å². The molecule has 19 heavy (non-hydrogen) atoms. The lowest BCUT2D eigenvalue weighted by molar-refractivity contribution is 0.580. The van der Waals surface area contributed by atoms with Crippen LogP contribution < -0.4 is 11.1 Å². The monoisotopic (exact) mass is 252 g/mol. The number of benzene rings is 1. The Labute approximate surface area is 110 Å². The maximum atomic E-state index is 5.64. The second-order valence-electron chi connectivity index (χ2n) is 3.99. The summed E-state index contributed by atoms with van der Waals surface area (Å²) in [6.07, 6.45) is 3.30. The minimum Gasteiger partial charge on any atom is -0.463 e. The van der Waals surface area contributed by atoms with Gasteiger partial charge in [-0.3, -0.25) is 0 Å². The molecule has 0 aliphatic rings. The molecule has 0 radical (unpaired) electrons. The van der Waals surface area contributed by atoms with E-state index < -0.39 is 0 Å². The van der Waals surface area contributed by atoms with Gasteiger partial charge in [0, 0.05) is 17.6 Å². The number of aromatic nitrogens is 2. The van der Waals surface area contributed by atoms with Gasteiger partial charge >= 0.3 is 0 Å². The van der Waals surface area contributed by atoms with Crippen molar-refractivity contribution in [3.63, 3.8) is 0 Å². The minimum absolute atomic E-state index is 0.513. The van der Waals surface area contributed by atoms with Crippen LogP contribution in [0.2, 0.25) is 0 Å².